The normalized spacial score (nSPS) is 17.3. The summed E-state index contributed by atoms with van der Waals surface area (Å²) in [5.41, 5.74) is 0.847. The predicted octanol–water partition coefficient (Wildman–Crippen LogP) is 2.76. The SMILES string of the molecule is Cc1cccc(S(=O)(=O)N2CCC(S(=O)(=O)c3ccc(F)cc3)CC2)c1. The Morgan fingerprint density at radius 1 is 0.923 bits per heavy atom. The van der Waals surface area contributed by atoms with Crippen LogP contribution in [-0.2, 0) is 19.9 Å². The molecule has 1 heterocycles. The molecular weight excluding hydrogens is 377 g/mol. The van der Waals surface area contributed by atoms with Crippen LogP contribution in [0.2, 0.25) is 0 Å². The van der Waals surface area contributed by atoms with E-state index in [-0.39, 0.29) is 35.7 Å². The minimum atomic E-state index is -3.63. The lowest BCUT2D eigenvalue weighted by atomic mass is 10.2. The van der Waals surface area contributed by atoms with Crippen molar-refractivity contribution < 1.29 is 21.2 Å². The summed E-state index contributed by atoms with van der Waals surface area (Å²) in [6.07, 6.45) is 0.426. The molecule has 0 saturated carbocycles. The van der Waals surface area contributed by atoms with Gasteiger partial charge in [-0.15, -0.1) is 0 Å². The van der Waals surface area contributed by atoms with E-state index in [0.29, 0.717) is 0 Å². The fraction of sp³-hybridized carbons (Fsp3) is 0.333. The maximum absolute atomic E-state index is 13.0. The molecule has 2 aromatic rings. The fourth-order valence-corrected chi connectivity index (χ4v) is 6.43. The van der Waals surface area contributed by atoms with Gasteiger partial charge in [0.1, 0.15) is 5.82 Å². The van der Waals surface area contributed by atoms with E-state index in [2.05, 4.69) is 0 Å². The van der Waals surface area contributed by atoms with Crippen molar-refractivity contribution in [2.75, 3.05) is 13.1 Å². The molecule has 0 N–H and O–H groups in total. The van der Waals surface area contributed by atoms with E-state index >= 15 is 0 Å². The van der Waals surface area contributed by atoms with Gasteiger partial charge in [-0.3, -0.25) is 0 Å². The molecule has 26 heavy (non-hydrogen) atoms. The standard InChI is InChI=1S/C18H20FNO4S2/c1-14-3-2-4-18(13-14)26(23,24)20-11-9-17(10-12-20)25(21,22)16-7-5-15(19)6-8-16/h2-8,13,17H,9-12H2,1H3. The first kappa shape index (κ1) is 19.0. The molecule has 8 heteroatoms. The highest BCUT2D eigenvalue weighted by Gasteiger charge is 2.35. The summed E-state index contributed by atoms with van der Waals surface area (Å²) >= 11 is 0. The average molecular weight is 397 g/mol. The van der Waals surface area contributed by atoms with Crippen molar-refractivity contribution >= 4 is 19.9 Å². The van der Waals surface area contributed by atoms with Crippen molar-refractivity contribution in [1.29, 1.82) is 0 Å². The molecule has 140 valence electrons. The quantitative estimate of drug-likeness (QED) is 0.744. The molecule has 0 spiro atoms. The number of hydrogen-bond donors (Lipinski definition) is 0. The predicted molar refractivity (Wildman–Crippen MR) is 96.5 cm³/mol. The third-order valence-electron chi connectivity index (χ3n) is 4.61. The minimum absolute atomic E-state index is 0.0684. The van der Waals surface area contributed by atoms with Crippen LogP contribution in [0.4, 0.5) is 4.39 Å². The van der Waals surface area contributed by atoms with Crippen LogP contribution in [0.15, 0.2) is 58.3 Å². The highest BCUT2D eigenvalue weighted by molar-refractivity contribution is 7.92. The zero-order valence-electron chi connectivity index (χ0n) is 14.3. The lowest BCUT2D eigenvalue weighted by molar-refractivity contribution is 0.345. The van der Waals surface area contributed by atoms with Crippen molar-refractivity contribution in [3.8, 4) is 0 Å². The molecule has 1 aliphatic heterocycles. The Morgan fingerprint density at radius 3 is 2.12 bits per heavy atom. The van der Waals surface area contributed by atoms with E-state index in [1.54, 1.807) is 18.2 Å². The molecule has 3 rings (SSSR count). The number of rotatable bonds is 4. The Morgan fingerprint density at radius 2 is 1.54 bits per heavy atom. The maximum atomic E-state index is 13.0. The highest BCUT2D eigenvalue weighted by atomic mass is 32.2. The lowest BCUT2D eigenvalue weighted by Crippen LogP contribution is -2.42. The number of piperidine rings is 1. The lowest BCUT2D eigenvalue weighted by Gasteiger charge is -2.31. The Hall–Kier alpha value is -1.77. The number of benzene rings is 2. The first-order chi connectivity index (χ1) is 12.2. The van der Waals surface area contributed by atoms with E-state index in [9.17, 15) is 21.2 Å². The first-order valence-corrected chi connectivity index (χ1v) is 11.3. The second-order valence-corrected chi connectivity index (χ2v) is 10.6. The Balaban J connectivity index is 1.75. The topological polar surface area (TPSA) is 71.5 Å². The van der Waals surface area contributed by atoms with Gasteiger partial charge in [-0.25, -0.2) is 21.2 Å². The Kier molecular flexibility index (Phi) is 5.18. The zero-order chi connectivity index (χ0) is 18.9. The van der Waals surface area contributed by atoms with Gasteiger partial charge < -0.3 is 0 Å². The van der Waals surface area contributed by atoms with Crippen LogP contribution in [0.5, 0.6) is 0 Å². The van der Waals surface area contributed by atoms with Crippen molar-refractivity contribution in [3.63, 3.8) is 0 Å². The second-order valence-electron chi connectivity index (χ2n) is 6.42. The summed E-state index contributed by atoms with van der Waals surface area (Å²) in [7, 11) is -7.24. The summed E-state index contributed by atoms with van der Waals surface area (Å²) in [4.78, 5) is 0.288. The van der Waals surface area contributed by atoms with Crippen LogP contribution in [0, 0.1) is 12.7 Å². The third kappa shape index (κ3) is 3.67. The number of hydrogen-bond acceptors (Lipinski definition) is 4. The average Bonchev–Trinajstić information content (AvgIpc) is 2.62. The zero-order valence-corrected chi connectivity index (χ0v) is 15.9. The molecule has 0 atom stereocenters. The maximum Gasteiger partial charge on any atom is 0.243 e. The minimum Gasteiger partial charge on any atom is -0.223 e. The molecule has 1 aliphatic rings. The summed E-state index contributed by atoms with van der Waals surface area (Å²) < 4.78 is 65.2. The summed E-state index contributed by atoms with van der Waals surface area (Å²) in [6, 6.07) is 11.4. The van der Waals surface area contributed by atoms with Crippen LogP contribution < -0.4 is 0 Å². The summed E-state index contributed by atoms with van der Waals surface area (Å²) in [5.74, 6) is -0.497. The number of sulfonamides is 1. The summed E-state index contributed by atoms with van der Waals surface area (Å²) in [6.45, 7) is 2.10. The smallest absolute Gasteiger partial charge is 0.223 e. The molecular formula is C18H20FNO4S2. The number of halogens is 1. The fourth-order valence-electron chi connectivity index (χ4n) is 3.12. The molecule has 1 saturated heterocycles. The van der Waals surface area contributed by atoms with Gasteiger partial charge in [0.2, 0.25) is 10.0 Å². The van der Waals surface area contributed by atoms with E-state index in [1.165, 1.54) is 16.4 Å². The molecule has 0 bridgehead atoms. The molecule has 0 amide bonds. The third-order valence-corrected chi connectivity index (χ3v) is 8.78. The molecule has 0 aliphatic carbocycles. The van der Waals surface area contributed by atoms with Gasteiger partial charge in [0.15, 0.2) is 9.84 Å². The van der Waals surface area contributed by atoms with E-state index in [0.717, 1.165) is 17.7 Å². The Bertz CT molecular complexity index is 994. The molecule has 1 fully saturated rings. The van der Waals surface area contributed by atoms with Crippen molar-refractivity contribution in [2.45, 2.75) is 34.8 Å². The number of nitrogens with zero attached hydrogens (tertiary/aromatic N) is 1. The highest BCUT2D eigenvalue weighted by Crippen LogP contribution is 2.28. The largest absolute Gasteiger partial charge is 0.243 e. The van der Waals surface area contributed by atoms with Crippen molar-refractivity contribution in [3.05, 3.63) is 59.9 Å². The molecule has 2 aromatic carbocycles. The van der Waals surface area contributed by atoms with Crippen LogP contribution in [-0.4, -0.2) is 39.5 Å². The molecule has 0 unspecified atom stereocenters. The van der Waals surface area contributed by atoms with Gasteiger partial charge in [-0.05, 0) is 61.7 Å². The van der Waals surface area contributed by atoms with Gasteiger partial charge in [-0.2, -0.15) is 4.31 Å². The number of aryl methyl sites for hydroxylation is 1. The van der Waals surface area contributed by atoms with E-state index in [1.807, 2.05) is 13.0 Å². The Labute approximate surface area is 153 Å². The van der Waals surface area contributed by atoms with Gasteiger partial charge in [0.05, 0.1) is 15.0 Å². The van der Waals surface area contributed by atoms with Gasteiger partial charge in [0, 0.05) is 13.1 Å². The van der Waals surface area contributed by atoms with Gasteiger partial charge >= 0.3 is 0 Å². The van der Waals surface area contributed by atoms with E-state index < -0.39 is 30.9 Å². The van der Waals surface area contributed by atoms with Crippen molar-refractivity contribution in [1.82, 2.24) is 4.31 Å². The van der Waals surface area contributed by atoms with Crippen LogP contribution in [0.3, 0.4) is 0 Å². The van der Waals surface area contributed by atoms with E-state index in [4.69, 9.17) is 0 Å². The van der Waals surface area contributed by atoms with Gasteiger partial charge in [0.25, 0.3) is 0 Å². The van der Waals surface area contributed by atoms with Crippen molar-refractivity contribution in [2.24, 2.45) is 0 Å². The summed E-state index contributed by atoms with van der Waals surface area (Å²) in [5, 5.41) is -0.670. The van der Waals surface area contributed by atoms with Crippen LogP contribution in [0.25, 0.3) is 0 Å². The van der Waals surface area contributed by atoms with Crippen LogP contribution in [0.1, 0.15) is 18.4 Å². The number of sulfone groups is 1. The monoisotopic (exact) mass is 397 g/mol. The molecule has 5 nitrogen and oxygen atoms in total. The van der Waals surface area contributed by atoms with Gasteiger partial charge in [-0.1, -0.05) is 12.1 Å². The molecule has 0 aromatic heterocycles. The van der Waals surface area contributed by atoms with Crippen LogP contribution >= 0.6 is 0 Å². The molecule has 0 radical (unpaired) electrons. The first-order valence-electron chi connectivity index (χ1n) is 8.27. The second kappa shape index (κ2) is 7.09.